The minimum absolute atomic E-state index is 0.174. The van der Waals surface area contributed by atoms with E-state index in [4.69, 9.17) is 11.6 Å². The fraction of sp³-hybridized carbons (Fsp3) is 0.381. The van der Waals surface area contributed by atoms with Crippen LogP contribution in [0.2, 0.25) is 5.02 Å². The van der Waals surface area contributed by atoms with Crippen LogP contribution in [-0.4, -0.2) is 63.3 Å². The van der Waals surface area contributed by atoms with Gasteiger partial charge in [0, 0.05) is 43.9 Å². The number of piperazine rings is 1. The molecule has 156 valence electrons. The van der Waals surface area contributed by atoms with Crippen LogP contribution < -0.4 is 4.90 Å². The molecule has 2 aromatic carbocycles. The maximum Gasteiger partial charge on any atom is 0.243 e. The summed E-state index contributed by atoms with van der Waals surface area (Å²) in [5.74, 6) is -0.189. The number of amides is 1. The van der Waals surface area contributed by atoms with Crippen molar-refractivity contribution in [2.75, 3.05) is 44.7 Å². The van der Waals surface area contributed by atoms with Gasteiger partial charge in [0.15, 0.2) is 0 Å². The van der Waals surface area contributed by atoms with Gasteiger partial charge in [-0.05, 0) is 55.3 Å². The lowest BCUT2D eigenvalue weighted by molar-refractivity contribution is -0.131. The first-order valence-corrected chi connectivity index (χ1v) is 11.3. The molecule has 0 spiro atoms. The Morgan fingerprint density at radius 1 is 1.03 bits per heavy atom. The van der Waals surface area contributed by atoms with E-state index in [1.807, 2.05) is 38.1 Å². The molecule has 0 atom stereocenters. The molecule has 1 fully saturated rings. The number of sulfonamides is 1. The molecule has 0 aliphatic carbocycles. The van der Waals surface area contributed by atoms with Crippen molar-refractivity contribution >= 4 is 33.2 Å². The normalized spacial score (nSPS) is 15.1. The van der Waals surface area contributed by atoms with Crippen molar-refractivity contribution in [1.82, 2.24) is 9.21 Å². The van der Waals surface area contributed by atoms with Crippen molar-refractivity contribution < 1.29 is 13.2 Å². The van der Waals surface area contributed by atoms with Crippen molar-refractivity contribution in [3.63, 3.8) is 0 Å². The van der Waals surface area contributed by atoms with Crippen molar-refractivity contribution in [3.05, 3.63) is 58.6 Å². The standard InChI is InChI=1S/C21H26ClN3O3S/c1-16-7-8-20(13-17(16)2)29(27,28)23(3)15-21(26)25-11-9-24(10-12-25)19-6-4-5-18(22)14-19/h4-8,13-14H,9-12,15H2,1-3H3. The molecule has 0 N–H and O–H groups in total. The van der Waals surface area contributed by atoms with Crippen molar-refractivity contribution in [3.8, 4) is 0 Å². The summed E-state index contributed by atoms with van der Waals surface area (Å²) in [7, 11) is -2.26. The van der Waals surface area contributed by atoms with Crippen LogP contribution in [0.1, 0.15) is 11.1 Å². The summed E-state index contributed by atoms with van der Waals surface area (Å²) in [6.07, 6.45) is 0. The van der Waals surface area contributed by atoms with Gasteiger partial charge in [0.05, 0.1) is 11.4 Å². The van der Waals surface area contributed by atoms with E-state index in [1.165, 1.54) is 7.05 Å². The highest BCUT2D eigenvalue weighted by atomic mass is 35.5. The van der Waals surface area contributed by atoms with E-state index in [0.717, 1.165) is 21.1 Å². The number of halogens is 1. The molecule has 1 amide bonds. The summed E-state index contributed by atoms with van der Waals surface area (Å²) >= 11 is 6.06. The van der Waals surface area contributed by atoms with E-state index in [9.17, 15) is 13.2 Å². The highest BCUT2D eigenvalue weighted by molar-refractivity contribution is 7.89. The van der Waals surface area contributed by atoms with Gasteiger partial charge in [0.1, 0.15) is 0 Å². The Labute approximate surface area is 177 Å². The van der Waals surface area contributed by atoms with Gasteiger partial charge in [0.25, 0.3) is 0 Å². The summed E-state index contributed by atoms with van der Waals surface area (Å²) in [5, 5.41) is 0.680. The van der Waals surface area contributed by atoms with Gasteiger partial charge in [-0.2, -0.15) is 4.31 Å². The number of hydrogen-bond donors (Lipinski definition) is 0. The van der Waals surface area contributed by atoms with E-state index in [2.05, 4.69) is 4.90 Å². The van der Waals surface area contributed by atoms with Crippen LogP contribution >= 0.6 is 11.6 Å². The van der Waals surface area contributed by atoms with Crippen LogP contribution in [0.3, 0.4) is 0 Å². The Kier molecular flexibility index (Phi) is 6.51. The zero-order valence-corrected chi connectivity index (χ0v) is 18.5. The molecule has 0 saturated carbocycles. The number of rotatable bonds is 5. The summed E-state index contributed by atoms with van der Waals surface area (Å²) in [5.41, 5.74) is 2.96. The first-order valence-electron chi connectivity index (χ1n) is 9.50. The van der Waals surface area contributed by atoms with Crippen LogP contribution in [0, 0.1) is 13.8 Å². The third-order valence-corrected chi connectivity index (χ3v) is 7.38. The van der Waals surface area contributed by atoms with Gasteiger partial charge in [-0.15, -0.1) is 0 Å². The molecule has 0 unspecified atom stereocenters. The van der Waals surface area contributed by atoms with Crippen LogP contribution in [0.5, 0.6) is 0 Å². The summed E-state index contributed by atoms with van der Waals surface area (Å²) < 4.78 is 26.8. The second-order valence-corrected chi connectivity index (χ2v) is 9.84. The first kappa shape index (κ1) is 21.6. The van der Waals surface area contributed by atoms with Crippen molar-refractivity contribution in [2.45, 2.75) is 18.7 Å². The summed E-state index contributed by atoms with van der Waals surface area (Å²) in [6.45, 7) is 6.08. The SMILES string of the molecule is Cc1ccc(S(=O)(=O)N(C)CC(=O)N2CCN(c3cccc(Cl)c3)CC2)cc1C. The van der Waals surface area contributed by atoms with E-state index in [-0.39, 0.29) is 17.3 Å². The van der Waals surface area contributed by atoms with Gasteiger partial charge in [-0.3, -0.25) is 4.79 Å². The van der Waals surface area contributed by atoms with E-state index < -0.39 is 10.0 Å². The highest BCUT2D eigenvalue weighted by Crippen LogP contribution is 2.21. The topological polar surface area (TPSA) is 60.9 Å². The molecule has 1 heterocycles. The van der Waals surface area contributed by atoms with Crippen molar-refractivity contribution in [1.29, 1.82) is 0 Å². The minimum Gasteiger partial charge on any atom is -0.368 e. The number of carbonyl (C=O) groups excluding carboxylic acids is 1. The van der Waals surface area contributed by atoms with Crippen LogP contribution in [0.25, 0.3) is 0 Å². The molecular formula is C21H26ClN3O3S. The maximum absolute atomic E-state index is 12.8. The number of aryl methyl sites for hydroxylation is 2. The predicted molar refractivity (Wildman–Crippen MR) is 116 cm³/mol. The Morgan fingerprint density at radius 3 is 2.34 bits per heavy atom. The van der Waals surface area contributed by atoms with E-state index in [0.29, 0.717) is 31.2 Å². The van der Waals surface area contributed by atoms with Crippen molar-refractivity contribution in [2.24, 2.45) is 0 Å². The number of benzene rings is 2. The Morgan fingerprint density at radius 2 is 1.72 bits per heavy atom. The minimum atomic E-state index is -3.71. The Bertz CT molecular complexity index is 1000. The predicted octanol–water partition coefficient (Wildman–Crippen LogP) is 2.93. The summed E-state index contributed by atoms with van der Waals surface area (Å²) in [6, 6.07) is 12.7. The fourth-order valence-electron chi connectivity index (χ4n) is 3.32. The van der Waals surface area contributed by atoms with Crippen LogP contribution in [0.15, 0.2) is 47.4 Å². The van der Waals surface area contributed by atoms with Crippen LogP contribution in [-0.2, 0) is 14.8 Å². The van der Waals surface area contributed by atoms with E-state index >= 15 is 0 Å². The maximum atomic E-state index is 12.8. The number of anilines is 1. The molecule has 1 aliphatic heterocycles. The molecule has 3 rings (SSSR count). The zero-order chi connectivity index (χ0) is 21.2. The molecule has 29 heavy (non-hydrogen) atoms. The average Bonchev–Trinajstić information content (AvgIpc) is 2.70. The third kappa shape index (κ3) is 4.91. The lowest BCUT2D eigenvalue weighted by atomic mass is 10.1. The molecule has 2 aromatic rings. The molecule has 8 heteroatoms. The molecule has 6 nitrogen and oxygen atoms in total. The molecule has 0 radical (unpaired) electrons. The van der Waals surface area contributed by atoms with Gasteiger partial charge in [-0.1, -0.05) is 23.7 Å². The second kappa shape index (κ2) is 8.73. The monoisotopic (exact) mass is 435 g/mol. The van der Waals surface area contributed by atoms with E-state index in [1.54, 1.807) is 23.1 Å². The average molecular weight is 436 g/mol. The highest BCUT2D eigenvalue weighted by Gasteiger charge is 2.27. The number of carbonyl (C=O) groups is 1. The fourth-order valence-corrected chi connectivity index (χ4v) is 4.71. The summed E-state index contributed by atoms with van der Waals surface area (Å²) in [4.78, 5) is 16.8. The molecule has 0 aromatic heterocycles. The third-order valence-electron chi connectivity index (χ3n) is 5.35. The van der Waals surface area contributed by atoms with Gasteiger partial charge >= 0.3 is 0 Å². The van der Waals surface area contributed by atoms with Gasteiger partial charge in [-0.25, -0.2) is 8.42 Å². The zero-order valence-electron chi connectivity index (χ0n) is 16.9. The lowest BCUT2D eigenvalue weighted by Gasteiger charge is -2.36. The first-order chi connectivity index (χ1) is 13.7. The quantitative estimate of drug-likeness (QED) is 0.724. The van der Waals surface area contributed by atoms with Gasteiger partial charge in [0.2, 0.25) is 15.9 Å². The lowest BCUT2D eigenvalue weighted by Crippen LogP contribution is -2.51. The number of nitrogens with zero attached hydrogens (tertiary/aromatic N) is 3. The second-order valence-electron chi connectivity index (χ2n) is 7.35. The largest absolute Gasteiger partial charge is 0.368 e. The van der Waals surface area contributed by atoms with Gasteiger partial charge < -0.3 is 9.80 Å². The number of likely N-dealkylation sites (N-methyl/N-ethyl adjacent to an activating group) is 1. The van der Waals surface area contributed by atoms with Crippen LogP contribution in [0.4, 0.5) is 5.69 Å². The number of hydrogen-bond acceptors (Lipinski definition) is 4. The molecule has 0 bridgehead atoms. The molecule has 1 saturated heterocycles. The molecular weight excluding hydrogens is 410 g/mol. The smallest absolute Gasteiger partial charge is 0.243 e. The Balaban J connectivity index is 1.61. The molecule has 1 aliphatic rings. The Hall–Kier alpha value is -2.09.